The van der Waals surface area contributed by atoms with Crippen molar-refractivity contribution < 1.29 is 18.3 Å². The SMILES string of the molecule is CC(C)(C)OC(O)N(CCCS(C)(=O)=O)c1ccc(Cl)cc1N. The summed E-state index contributed by atoms with van der Waals surface area (Å²) in [7, 11) is -3.08. The Bertz CT molecular complexity index is 629. The zero-order valence-corrected chi connectivity index (χ0v) is 15.5. The van der Waals surface area contributed by atoms with E-state index in [2.05, 4.69) is 0 Å². The summed E-state index contributed by atoms with van der Waals surface area (Å²) in [6, 6.07) is 4.90. The van der Waals surface area contributed by atoms with Gasteiger partial charge in [0.1, 0.15) is 9.84 Å². The molecule has 8 heteroatoms. The molecule has 0 amide bonds. The number of sulfone groups is 1. The summed E-state index contributed by atoms with van der Waals surface area (Å²) in [5.41, 5.74) is 6.32. The van der Waals surface area contributed by atoms with Crippen LogP contribution in [0.2, 0.25) is 5.02 Å². The number of rotatable bonds is 7. The first-order valence-electron chi connectivity index (χ1n) is 7.24. The van der Waals surface area contributed by atoms with E-state index in [1.807, 2.05) is 20.8 Å². The summed E-state index contributed by atoms with van der Waals surface area (Å²) >= 11 is 5.90. The third-order valence-electron chi connectivity index (χ3n) is 2.94. The van der Waals surface area contributed by atoms with Crippen molar-refractivity contribution in [1.82, 2.24) is 0 Å². The minimum absolute atomic E-state index is 0.0131. The molecular formula is C15H25ClN2O4S. The lowest BCUT2D eigenvalue weighted by molar-refractivity contribution is -0.164. The Kier molecular flexibility index (Phi) is 6.70. The van der Waals surface area contributed by atoms with E-state index in [1.165, 1.54) is 11.2 Å². The molecule has 1 unspecified atom stereocenters. The van der Waals surface area contributed by atoms with E-state index in [9.17, 15) is 13.5 Å². The van der Waals surface area contributed by atoms with Gasteiger partial charge in [0, 0.05) is 17.8 Å². The molecule has 0 bridgehead atoms. The van der Waals surface area contributed by atoms with E-state index in [0.717, 1.165) is 0 Å². The summed E-state index contributed by atoms with van der Waals surface area (Å²) in [5.74, 6) is 0.0131. The van der Waals surface area contributed by atoms with Gasteiger partial charge in [0.05, 0.1) is 22.7 Å². The van der Waals surface area contributed by atoms with Crippen molar-refractivity contribution in [3.05, 3.63) is 23.2 Å². The molecule has 0 fully saturated rings. The monoisotopic (exact) mass is 364 g/mol. The molecule has 0 saturated carbocycles. The fourth-order valence-electron chi connectivity index (χ4n) is 2.01. The largest absolute Gasteiger partial charge is 0.397 e. The minimum atomic E-state index is -3.08. The molecule has 0 aromatic heterocycles. The van der Waals surface area contributed by atoms with Crippen molar-refractivity contribution in [2.45, 2.75) is 39.2 Å². The molecule has 0 radical (unpaired) electrons. The first-order valence-corrected chi connectivity index (χ1v) is 9.68. The van der Waals surface area contributed by atoms with Gasteiger partial charge in [-0.25, -0.2) is 8.42 Å². The van der Waals surface area contributed by atoms with Crippen LogP contribution in [0.25, 0.3) is 0 Å². The number of nitrogens with two attached hydrogens (primary N) is 1. The third-order valence-corrected chi connectivity index (χ3v) is 4.20. The number of halogens is 1. The van der Waals surface area contributed by atoms with Gasteiger partial charge in [0.2, 0.25) is 6.41 Å². The molecule has 0 aliphatic heterocycles. The average molecular weight is 365 g/mol. The van der Waals surface area contributed by atoms with Gasteiger partial charge >= 0.3 is 0 Å². The highest BCUT2D eigenvalue weighted by atomic mass is 35.5. The van der Waals surface area contributed by atoms with Gasteiger partial charge in [0.25, 0.3) is 0 Å². The Morgan fingerprint density at radius 1 is 1.39 bits per heavy atom. The maximum absolute atomic E-state index is 11.3. The molecule has 1 aromatic rings. The number of benzene rings is 1. The molecule has 0 aliphatic rings. The minimum Gasteiger partial charge on any atom is -0.397 e. The molecule has 1 atom stereocenters. The van der Waals surface area contributed by atoms with Gasteiger partial charge in [-0.1, -0.05) is 11.6 Å². The predicted octanol–water partition coefficient (Wildman–Crippen LogP) is 2.25. The zero-order chi connectivity index (χ0) is 17.8. The molecule has 6 nitrogen and oxygen atoms in total. The molecule has 0 spiro atoms. The zero-order valence-electron chi connectivity index (χ0n) is 13.9. The van der Waals surface area contributed by atoms with Gasteiger partial charge in [-0.3, -0.25) is 0 Å². The van der Waals surface area contributed by atoms with Crippen molar-refractivity contribution in [2.75, 3.05) is 29.2 Å². The molecule has 1 aromatic carbocycles. The molecule has 132 valence electrons. The van der Waals surface area contributed by atoms with Gasteiger partial charge < -0.3 is 20.5 Å². The second-order valence-corrected chi connectivity index (χ2v) is 9.13. The van der Waals surface area contributed by atoms with Crippen LogP contribution >= 0.6 is 11.6 Å². The molecule has 1 rings (SSSR count). The fraction of sp³-hybridized carbons (Fsp3) is 0.600. The Balaban J connectivity index is 3.00. The van der Waals surface area contributed by atoms with Crippen molar-refractivity contribution in [2.24, 2.45) is 0 Å². The molecule has 0 heterocycles. The maximum atomic E-state index is 11.3. The lowest BCUT2D eigenvalue weighted by Gasteiger charge is -2.34. The van der Waals surface area contributed by atoms with Gasteiger partial charge in [-0.05, 0) is 45.4 Å². The van der Waals surface area contributed by atoms with Crippen LogP contribution in [-0.4, -0.2) is 44.1 Å². The van der Waals surface area contributed by atoms with E-state index < -0.39 is 21.9 Å². The summed E-state index contributed by atoms with van der Waals surface area (Å²) in [4.78, 5) is 1.53. The number of ether oxygens (including phenoxy) is 1. The summed E-state index contributed by atoms with van der Waals surface area (Å²) in [5, 5.41) is 10.9. The Morgan fingerprint density at radius 3 is 2.48 bits per heavy atom. The van der Waals surface area contributed by atoms with Crippen molar-refractivity contribution >= 4 is 32.8 Å². The quantitative estimate of drug-likeness (QED) is 0.569. The second-order valence-electron chi connectivity index (χ2n) is 6.44. The summed E-state index contributed by atoms with van der Waals surface area (Å²) in [6.45, 7) is 5.72. The van der Waals surface area contributed by atoms with Crippen LogP contribution < -0.4 is 10.6 Å². The van der Waals surface area contributed by atoms with E-state index in [4.69, 9.17) is 22.1 Å². The first kappa shape index (κ1) is 20.0. The maximum Gasteiger partial charge on any atom is 0.238 e. The van der Waals surface area contributed by atoms with Gasteiger partial charge in [0.15, 0.2) is 0 Å². The van der Waals surface area contributed by atoms with E-state index in [1.54, 1.807) is 18.2 Å². The number of nitrogens with zero attached hydrogens (tertiary/aromatic N) is 1. The number of hydrogen-bond acceptors (Lipinski definition) is 6. The lowest BCUT2D eigenvalue weighted by atomic mass is 10.2. The smallest absolute Gasteiger partial charge is 0.238 e. The summed E-state index contributed by atoms with van der Waals surface area (Å²) in [6.07, 6.45) is 0.264. The van der Waals surface area contributed by atoms with Crippen LogP contribution in [0, 0.1) is 0 Å². The van der Waals surface area contributed by atoms with Crippen molar-refractivity contribution in [3.8, 4) is 0 Å². The highest BCUT2D eigenvalue weighted by Gasteiger charge is 2.24. The predicted molar refractivity (Wildman–Crippen MR) is 94.4 cm³/mol. The van der Waals surface area contributed by atoms with Gasteiger partial charge in [-0.15, -0.1) is 0 Å². The molecule has 0 saturated heterocycles. The molecular weight excluding hydrogens is 340 g/mol. The molecule has 3 N–H and O–H groups in total. The first-order chi connectivity index (χ1) is 10.4. The Hall–Kier alpha value is -1.02. The molecule has 23 heavy (non-hydrogen) atoms. The lowest BCUT2D eigenvalue weighted by Crippen LogP contribution is -2.43. The third kappa shape index (κ3) is 7.39. The average Bonchev–Trinajstić information content (AvgIpc) is 2.32. The van der Waals surface area contributed by atoms with E-state index in [0.29, 0.717) is 22.8 Å². The highest BCUT2D eigenvalue weighted by Crippen LogP contribution is 2.29. The van der Waals surface area contributed by atoms with Crippen LogP contribution in [0.3, 0.4) is 0 Å². The Labute approximate surface area is 143 Å². The van der Waals surface area contributed by atoms with Gasteiger partial charge in [-0.2, -0.15) is 0 Å². The van der Waals surface area contributed by atoms with E-state index >= 15 is 0 Å². The van der Waals surface area contributed by atoms with E-state index in [-0.39, 0.29) is 12.3 Å². The van der Waals surface area contributed by atoms with Crippen LogP contribution in [-0.2, 0) is 14.6 Å². The number of aliphatic hydroxyl groups excluding tert-OH is 1. The van der Waals surface area contributed by atoms with Crippen LogP contribution in [0.15, 0.2) is 18.2 Å². The van der Waals surface area contributed by atoms with Crippen LogP contribution in [0.1, 0.15) is 27.2 Å². The normalized spacial score (nSPS) is 13.8. The van der Waals surface area contributed by atoms with Crippen molar-refractivity contribution in [3.63, 3.8) is 0 Å². The molecule has 0 aliphatic carbocycles. The van der Waals surface area contributed by atoms with Crippen molar-refractivity contribution in [1.29, 1.82) is 0 Å². The topological polar surface area (TPSA) is 92.9 Å². The van der Waals surface area contributed by atoms with Crippen LogP contribution in [0.5, 0.6) is 0 Å². The van der Waals surface area contributed by atoms with Crippen LogP contribution in [0.4, 0.5) is 11.4 Å². The fourth-order valence-corrected chi connectivity index (χ4v) is 2.85. The number of nitrogen functional groups attached to an aromatic ring is 1. The number of anilines is 2. The number of aliphatic hydroxyl groups is 1. The Morgan fingerprint density at radius 2 is 2.00 bits per heavy atom. The highest BCUT2D eigenvalue weighted by molar-refractivity contribution is 7.90. The standard InChI is InChI=1S/C15H25ClN2O4S/c1-15(2,3)22-14(19)18(8-5-9-23(4,20)21)13-7-6-11(16)10-12(13)17/h6-7,10,14,19H,5,8-9,17H2,1-4H3. The second kappa shape index (κ2) is 7.70. The summed E-state index contributed by atoms with van der Waals surface area (Å²) < 4.78 is 28.2. The number of hydrogen-bond donors (Lipinski definition) is 2.